The molecular weight excluding hydrogens is 566 g/mol. The fourth-order valence-corrected chi connectivity index (χ4v) is 5.73. The molecule has 0 spiro atoms. The average molecular weight is 608 g/mol. The number of aryl methyl sites for hydroxylation is 2. The number of alkyl halides is 4. The first-order valence-electron chi connectivity index (χ1n) is 14.8. The number of pyridine rings is 2. The minimum Gasteiger partial charge on any atom is -0.480 e. The minimum absolute atomic E-state index is 0.0494. The monoisotopic (exact) mass is 607 g/mol. The number of carboxylic acid groups (broad SMARTS) is 1. The summed E-state index contributed by atoms with van der Waals surface area (Å²) >= 11 is 0. The van der Waals surface area contributed by atoms with E-state index in [2.05, 4.69) is 34.3 Å². The largest absolute Gasteiger partial charge is 0.480 e. The predicted octanol–water partition coefficient (Wildman–Crippen LogP) is 5.14. The lowest BCUT2D eigenvalue weighted by Gasteiger charge is -2.29. The molecule has 236 valence electrons. The fraction of sp³-hybridized carbons (Fsp3) is 0.581. The zero-order chi connectivity index (χ0) is 31.0. The summed E-state index contributed by atoms with van der Waals surface area (Å²) in [6.45, 7) is 5.44. The average Bonchev–Trinajstić information content (AvgIpc) is 3.81. The van der Waals surface area contributed by atoms with E-state index in [1.54, 1.807) is 0 Å². The van der Waals surface area contributed by atoms with E-state index in [1.807, 2.05) is 4.90 Å². The highest BCUT2D eigenvalue weighted by molar-refractivity contribution is 5.74. The molecule has 1 aliphatic heterocycles. The molecule has 43 heavy (non-hydrogen) atoms. The van der Waals surface area contributed by atoms with Crippen LogP contribution in [-0.4, -0.2) is 78.1 Å². The summed E-state index contributed by atoms with van der Waals surface area (Å²) in [7, 11) is 1.44. The number of halogens is 4. The molecule has 1 aliphatic carbocycles. The normalized spacial score (nSPS) is 17.1. The van der Waals surface area contributed by atoms with Gasteiger partial charge in [-0.1, -0.05) is 12.6 Å². The van der Waals surface area contributed by atoms with Gasteiger partial charge < -0.3 is 25.4 Å². The van der Waals surface area contributed by atoms with Gasteiger partial charge in [0.05, 0.1) is 11.7 Å². The summed E-state index contributed by atoms with van der Waals surface area (Å²) in [5, 5.41) is 16.2. The van der Waals surface area contributed by atoms with Crippen LogP contribution in [0.4, 0.5) is 23.4 Å². The number of nitrogens with one attached hydrogen (secondary N) is 2. The van der Waals surface area contributed by atoms with Crippen LogP contribution in [0.25, 0.3) is 0 Å². The number of nitrogens with zero attached hydrogens (tertiary/aromatic N) is 3. The maximum atomic E-state index is 13.7. The molecule has 0 saturated heterocycles. The molecule has 0 aromatic carbocycles. The van der Waals surface area contributed by atoms with Crippen molar-refractivity contribution in [1.29, 1.82) is 0 Å². The molecule has 4 rings (SSSR count). The van der Waals surface area contributed by atoms with Gasteiger partial charge in [0.15, 0.2) is 0 Å². The number of unbranched alkanes of at least 4 members (excludes halogenated alkanes) is 1. The molecule has 3 N–H and O–H groups in total. The second-order valence-corrected chi connectivity index (χ2v) is 11.4. The first-order chi connectivity index (χ1) is 20.6. The molecule has 1 saturated carbocycles. The summed E-state index contributed by atoms with van der Waals surface area (Å²) in [4.78, 5) is 22.6. The van der Waals surface area contributed by atoms with Crippen molar-refractivity contribution in [1.82, 2.24) is 20.2 Å². The summed E-state index contributed by atoms with van der Waals surface area (Å²) < 4.78 is 59.8. The van der Waals surface area contributed by atoms with Crippen LogP contribution in [0.3, 0.4) is 0 Å². The molecule has 3 heterocycles. The maximum Gasteiger partial charge on any atom is 0.418 e. The number of carbonyl (C=O) groups is 1. The van der Waals surface area contributed by atoms with Gasteiger partial charge in [-0.3, -0.25) is 4.98 Å². The molecule has 0 bridgehead atoms. The van der Waals surface area contributed by atoms with E-state index in [9.17, 15) is 27.5 Å². The number of aromatic nitrogens is 2. The molecule has 2 aromatic rings. The van der Waals surface area contributed by atoms with Gasteiger partial charge in [0.25, 0.3) is 0 Å². The molecule has 8 nitrogen and oxygen atoms in total. The summed E-state index contributed by atoms with van der Waals surface area (Å²) in [5.74, 6) is -0.180. The van der Waals surface area contributed by atoms with Gasteiger partial charge in [0.2, 0.25) is 0 Å². The SMILES string of the molecule is C=C(NC(CCN(CCCCc1ccc2c(n1)NCCC2)CC(CF)OC)C(=O)O)C1(c2ccncc2C(F)(F)F)CC1. The first-order valence-corrected chi connectivity index (χ1v) is 14.8. The number of ether oxygens (including phenoxy) is 1. The lowest BCUT2D eigenvalue weighted by Crippen LogP contribution is -2.43. The number of fused-ring (bicyclic) bond motifs is 1. The smallest absolute Gasteiger partial charge is 0.418 e. The highest BCUT2D eigenvalue weighted by Crippen LogP contribution is 2.55. The van der Waals surface area contributed by atoms with Crippen LogP contribution in [0.5, 0.6) is 0 Å². The second-order valence-electron chi connectivity index (χ2n) is 11.4. The Kier molecular flexibility index (Phi) is 11.0. The lowest BCUT2D eigenvalue weighted by atomic mass is 9.89. The van der Waals surface area contributed by atoms with E-state index < -0.39 is 41.9 Å². The van der Waals surface area contributed by atoms with Crippen LogP contribution in [0.1, 0.15) is 60.9 Å². The van der Waals surface area contributed by atoms with E-state index >= 15 is 0 Å². The van der Waals surface area contributed by atoms with Crippen molar-refractivity contribution >= 4 is 11.8 Å². The Bertz CT molecular complexity index is 1250. The summed E-state index contributed by atoms with van der Waals surface area (Å²) in [6.07, 6.45) is 2.41. The molecule has 0 radical (unpaired) electrons. The molecule has 2 unspecified atom stereocenters. The van der Waals surface area contributed by atoms with Crippen molar-refractivity contribution in [3.05, 3.63) is 65.3 Å². The highest BCUT2D eigenvalue weighted by Gasteiger charge is 2.52. The minimum atomic E-state index is -4.59. The molecular formula is C31H41F4N5O3. The zero-order valence-corrected chi connectivity index (χ0v) is 24.6. The van der Waals surface area contributed by atoms with Crippen LogP contribution in [0.2, 0.25) is 0 Å². The van der Waals surface area contributed by atoms with E-state index in [-0.39, 0.29) is 24.2 Å². The van der Waals surface area contributed by atoms with Crippen molar-refractivity contribution in [3.63, 3.8) is 0 Å². The molecule has 2 aliphatic rings. The molecule has 0 amide bonds. The van der Waals surface area contributed by atoms with Gasteiger partial charge >= 0.3 is 12.1 Å². The van der Waals surface area contributed by atoms with Gasteiger partial charge in [-0.05, 0) is 81.2 Å². The highest BCUT2D eigenvalue weighted by atomic mass is 19.4. The van der Waals surface area contributed by atoms with E-state index in [4.69, 9.17) is 9.72 Å². The van der Waals surface area contributed by atoms with Crippen molar-refractivity contribution < 1.29 is 32.2 Å². The maximum absolute atomic E-state index is 13.7. The standard InChI is InChI=1S/C31H41F4N5O3/c1-21(30(12-13-30)25-10-15-36-19-26(25)31(33,34)35)38-27(29(41)42)11-17-40(20-24(18-32)43-2)16-4-3-7-23-9-8-22-6-5-14-37-28(22)39-23/h8-10,15,19,24,27,38H,1,3-7,11-14,16-18,20H2,2H3,(H,37,39)(H,41,42). The van der Waals surface area contributed by atoms with E-state index in [0.717, 1.165) is 56.4 Å². The first kappa shape index (κ1) is 32.7. The number of aliphatic carboxylic acids is 1. The summed E-state index contributed by atoms with van der Waals surface area (Å²) in [5.41, 5.74) is 0.686. The third-order valence-electron chi connectivity index (χ3n) is 8.43. The van der Waals surface area contributed by atoms with Crippen LogP contribution >= 0.6 is 0 Å². The summed E-state index contributed by atoms with van der Waals surface area (Å²) in [6, 6.07) is 4.43. The zero-order valence-electron chi connectivity index (χ0n) is 24.6. The Hall–Kier alpha value is -3.25. The van der Waals surface area contributed by atoms with Gasteiger partial charge in [-0.15, -0.1) is 0 Å². The van der Waals surface area contributed by atoms with Gasteiger partial charge in [-0.25, -0.2) is 14.2 Å². The third-order valence-corrected chi connectivity index (χ3v) is 8.43. The fourth-order valence-electron chi connectivity index (χ4n) is 5.73. The number of hydrogen-bond donors (Lipinski definition) is 3. The van der Waals surface area contributed by atoms with Gasteiger partial charge in [0, 0.05) is 55.9 Å². The Morgan fingerprint density at radius 3 is 2.72 bits per heavy atom. The van der Waals surface area contributed by atoms with E-state index in [0.29, 0.717) is 25.9 Å². The Labute approximate surface area is 249 Å². The number of carboxylic acids is 1. The molecule has 2 atom stereocenters. The third kappa shape index (κ3) is 8.44. The second kappa shape index (κ2) is 14.5. The predicted molar refractivity (Wildman–Crippen MR) is 156 cm³/mol. The van der Waals surface area contributed by atoms with Crippen LogP contribution in [-0.2, 0) is 34.0 Å². The Balaban J connectivity index is 1.35. The van der Waals surface area contributed by atoms with Crippen LogP contribution < -0.4 is 10.6 Å². The number of anilines is 1. The molecule has 2 aromatic heterocycles. The Morgan fingerprint density at radius 2 is 2.05 bits per heavy atom. The van der Waals surface area contributed by atoms with Gasteiger partial charge in [-0.2, -0.15) is 13.2 Å². The lowest BCUT2D eigenvalue weighted by molar-refractivity contribution is -0.140. The van der Waals surface area contributed by atoms with Crippen molar-refractivity contribution in [2.24, 2.45) is 0 Å². The van der Waals surface area contributed by atoms with Crippen LogP contribution in [0.15, 0.2) is 42.9 Å². The van der Waals surface area contributed by atoms with Crippen molar-refractivity contribution in [2.75, 3.05) is 45.3 Å². The van der Waals surface area contributed by atoms with Crippen molar-refractivity contribution in [2.45, 2.75) is 75.1 Å². The topological polar surface area (TPSA) is 99.6 Å². The number of methoxy groups -OCH3 is 1. The quantitative estimate of drug-likeness (QED) is 0.168. The number of hydrogen-bond acceptors (Lipinski definition) is 7. The van der Waals surface area contributed by atoms with Gasteiger partial charge in [0.1, 0.15) is 18.5 Å². The Morgan fingerprint density at radius 1 is 1.26 bits per heavy atom. The van der Waals surface area contributed by atoms with Crippen molar-refractivity contribution in [3.8, 4) is 0 Å². The van der Waals surface area contributed by atoms with E-state index in [1.165, 1.54) is 24.9 Å². The molecule has 12 heteroatoms. The number of rotatable bonds is 17. The molecule has 1 fully saturated rings. The number of allylic oxidation sites excluding steroid dienone is 1. The van der Waals surface area contributed by atoms with Crippen LogP contribution in [0, 0.1) is 0 Å².